The van der Waals surface area contributed by atoms with E-state index in [4.69, 9.17) is 5.73 Å². The Morgan fingerprint density at radius 2 is 1.64 bits per heavy atom. The van der Waals surface area contributed by atoms with Crippen LogP contribution < -0.4 is 5.73 Å². The summed E-state index contributed by atoms with van der Waals surface area (Å²) in [7, 11) is 0. The standard InChI is InChI=1S/C19H31N3O.2ClH/c1-19(2,3)9-10-21-11-13-22(14-12-21)18(23)15-17(20)16-7-5-4-6-8-16;;/h4-8,17H,9-15,20H2,1-3H3;2*1H. The molecule has 1 aromatic carbocycles. The number of carbonyl (C=O) groups excluding carboxylic acids is 1. The first-order valence-corrected chi connectivity index (χ1v) is 8.66. The summed E-state index contributed by atoms with van der Waals surface area (Å²) in [4.78, 5) is 16.9. The molecule has 0 spiro atoms. The van der Waals surface area contributed by atoms with Crippen LogP contribution in [0.25, 0.3) is 0 Å². The third kappa shape index (κ3) is 8.41. The third-order valence-electron chi connectivity index (χ3n) is 4.53. The van der Waals surface area contributed by atoms with Crippen LogP contribution in [0.2, 0.25) is 0 Å². The van der Waals surface area contributed by atoms with E-state index in [1.807, 2.05) is 35.2 Å². The first kappa shape index (κ1) is 24.2. The fraction of sp³-hybridized carbons (Fsp3) is 0.632. The molecule has 144 valence electrons. The topological polar surface area (TPSA) is 49.6 Å². The Hall–Kier alpha value is -0.810. The second-order valence-electron chi connectivity index (χ2n) is 7.75. The molecule has 1 atom stereocenters. The van der Waals surface area contributed by atoms with Crippen molar-refractivity contribution in [2.75, 3.05) is 32.7 Å². The number of benzene rings is 1. The first-order chi connectivity index (χ1) is 10.8. The molecule has 1 saturated heterocycles. The molecule has 1 fully saturated rings. The molecule has 2 rings (SSSR count). The molecule has 1 aromatic rings. The summed E-state index contributed by atoms with van der Waals surface area (Å²) in [6.07, 6.45) is 1.59. The van der Waals surface area contributed by atoms with Crippen LogP contribution in [0, 0.1) is 5.41 Å². The predicted molar refractivity (Wildman–Crippen MR) is 110 cm³/mol. The lowest BCUT2D eigenvalue weighted by atomic mass is 9.92. The molecule has 6 heteroatoms. The van der Waals surface area contributed by atoms with Crippen molar-refractivity contribution in [3.63, 3.8) is 0 Å². The highest BCUT2D eigenvalue weighted by atomic mass is 35.5. The van der Waals surface area contributed by atoms with Gasteiger partial charge in [-0.15, -0.1) is 24.8 Å². The van der Waals surface area contributed by atoms with E-state index in [0.29, 0.717) is 11.8 Å². The van der Waals surface area contributed by atoms with Gasteiger partial charge in [0, 0.05) is 38.6 Å². The van der Waals surface area contributed by atoms with E-state index in [1.165, 1.54) is 6.42 Å². The van der Waals surface area contributed by atoms with Gasteiger partial charge >= 0.3 is 0 Å². The average Bonchev–Trinajstić information content (AvgIpc) is 2.53. The summed E-state index contributed by atoms with van der Waals surface area (Å²) in [5.41, 5.74) is 7.57. The van der Waals surface area contributed by atoms with Gasteiger partial charge in [-0.1, -0.05) is 51.1 Å². The van der Waals surface area contributed by atoms with Crippen molar-refractivity contribution >= 4 is 30.7 Å². The summed E-state index contributed by atoms with van der Waals surface area (Å²) in [6.45, 7) is 11.5. The van der Waals surface area contributed by atoms with Crippen LogP contribution in [-0.4, -0.2) is 48.4 Å². The lowest BCUT2D eigenvalue weighted by molar-refractivity contribution is -0.133. The fourth-order valence-electron chi connectivity index (χ4n) is 2.85. The number of nitrogens with zero attached hydrogens (tertiary/aromatic N) is 2. The molecule has 0 bridgehead atoms. The summed E-state index contributed by atoms with van der Waals surface area (Å²) in [6, 6.07) is 9.67. The highest BCUT2D eigenvalue weighted by molar-refractivity contribution is 5.85. The largest absolute Gasteiger partial charge is 0.340 e. The third-order valence-corrected chi connectivity index (χ3v) is 4.53. The Labute approximate surface area is 164 Å². The number of hydrogen-bond acceptors (Lipinski definition) is 3. The minimum absolute atomic E-state index is 0. The number of rotatable bonds is 5. The lowest BCUT2D eigenvalue weighted by Crippen LogP contribution is -2.49. The molecule has 1 amide bonds. The minimum atomic E-state index is -0.206. The van der Waals surface area contributed by atoms with Gasteiger partial charge in [0.25, 0.3) is 0 Å². The average molecular weight is 390 g/mol. The van der Waals surface area contributed by atoms with Gasteiger partial charge in [0.05, 0.1) is 0 Å². The van der Waals surface area contributed by atoms with Gasteiger partial charge in [0.1, 0.15) is 0 Å². The number of carbonyl (C=O) groups is 1. The second-order valence-corrected chi connectivity index (χ2v) is 7.75. The van der Waals surface area contributed by atoms with Crippen LogP contribution >= 0.6 is 24.8 Å². The maximum atomic E-state index is 12.4. The van der Waals surface area contributed by atoms with E-state index in [9.17, 15) is 4.79 Å². The quantitative estimate of drug-likeness (QED) is 0.837. The van der Waals surface area contributed by atoms with Crippen molar-refractivity contribution in [3.05, 3.63) is 35.9 Å². The molecular formula is C19H33Cl2N3O. The van der Waals surface area contributed by atoms with Crippen LogP contribution in [0.4, 0.5) is 0 Å². The molecule has 2 N–H and O–H groups in total. The molecule has 0 aromatic heterocycles. The molecule has 0 aliphatic carbocycles. The van der Waals surface area contributed by atoms with E-state index in [1.54, 1.807) is 0 Å². The molecule has 0 radical (unpaired) electrons. The predicted octanol–water partition coefficient (Wildman–Crippen LogP) is 3.50. The maximum absolute atomic E-state index is 12.4. The maximum Gasteiger partial charge on any atom is 0.224 e. The fourth-order valence-corrected chi connectivity index (χ4v) is 2.85. The number of hydrogen-bond donors (Lipinski definition) is 1. The van der Waals surface area contributed by atoms with Crippen LogP contribution in [0.3, 0.4) is 0 Å². The minimum Gasteiger partial charge on any atom is -0.340 e. The molecule has 1 aliphatic rings. The van der Waals surface area contributed by atoms with Crippen molar-refractivity contribution in [1.82, 2.24) is 9.80 Å². The smallest absolute Gasteiger partial charge is 0.224 e. The molecular weight excluding hydrogens is 357 g/mol. The Morgan fingerprint density at radius 1 is 1.08 bits per heavy atom. The zero-order valence-corrected chi connectivity index (χ0v) is 17.2. The highest BCUT2D eigenvalue weighted by Gasteiger charge is 2.23. The zero-order chi connectivity index (χ0) is 16.9. The van der Waals surface area contributed by atoms with E-state index >= 15 is 0 Å². The molecule has 25 heavy (non-hydrogen) atoms. The van der Waals surface area contributed by atoms with Crippen molar-refractivity contribution in [3.8, 4) is 0 Å². The summed E-state index contributed by atoms with van der Waals surface area (Å²) >= 11 is 0. The van der Waals surface area contributed by atoms with Crippen molar-refractivity contribution in [1.29, 1.82) is 0 Å². The van der Waals surface area contributed by atoms with Crippen molar-refractivity contribution in [2.45, 2.75) is 39.7 Å². The van der Waals surface area contributed by atoms with E-state index in [2.05, 4.69) is 25.7 Å². The van der Waals surface area contributed by atoms with Gasteiger partial charge in [-0.25, -0.2) is 0 Å². The monoisotopic (exact) mass is 389 g/mol. The van der Waals surface area contributed by atoms with Gasteiger partial charge in [-0.05, 0) is 23.9 Å². The van der Waals surface area contributed by atoms with Crippen molar-refractivity contribution < 1.29 is 4.79 Å². The van der Waals surface area contributed by atoms with Crippen LogP contribution in [0.15, 0.2) is 30.3 Å². The van der Waals surface area contributed by atoms with Gasteiger partial charge in [-0.2, -0.15) is 0 Å². The van der Waals surface area contributed by atoms with E-state index in [0.717, 1.165) is 38.3 Å². The lowest BCUT2D eigenvalue weighted by Gasteiger charge is -2.36. The zero-order valence-electron chi connectivity index (χ0n) is 15.6. The molecule has 1 aliphatic heterocycles. The molecule has 0 saturated carbocycles. The number of piperazine rings is 1. The number of nitrogens with two attached hydrogens (primary N) is 1. The Kier molecular flexibility index (Phi) is 10.7. The molecule has 1 unspecified atom stereocenters. The summed E-state index contributed by atoms with van der Waals surface area (Å²) in [5, 5.41) is 0. The highest BCUT2D eigenvalue weighted by Crippen LogP contribution is 2.20. The number of amides is 1. The Balaban J connectivity index is 0.00000288. The number of halogens is 2. The normalized spacial score (nSPS) is 16.6. The van der Waals surface area contributed by atoms with E-state index in [-0.39, 0.29) is 36.8 Å². The second kappa shape index (κ2) is 11.0. The Morgan fingerprint density at radius 3 is 2.16 bits per heavy atom. The van der Waals surface area contributed by atoms with Crippen LogP contribution in [-0.2, 0) is 4.79 Å². The summed E-state index contributed by atoms with van der Waals surface area (Å²) < 4.78 is 0. The van der Waals surface area contributed by atoms with Gasteiger partial charge in [0.2, 0.25) is 5.91 Å². The first-order valence-electron chi connectivity index (χ1n) is 8.66. The van der Waals surface area contributed by atoms with E-state index < -0.39 is 0 Å². The molecule has 1 heterocycles. The van der Waals surface area contributed by atoms with Gasteiger partial charge in [0.15, 0.2) is 0 Å². The van der Waals surface area contributed by atoms with Crippen LogP contribution in [0.5, 0.6) is 0 Å². The van der Waals surface area contributed by atoms with Crippen LogP contribution in [0.1, 0.15) is 45.2 Å². The molecule has 4 nitrogen and oxygen atoms in total. The SMILES string of the molecule is CC(C)(C)CCN1CCN(C(=O)CC(N)c2ccccc2)CC1.Cl.Cl. The van der Waals surface area contributed by atoms with Gasteiger partial charge in [-0.3, -0.25) is 9.69 Å². The van der Waals surface area contributed by atoms with Gasteiger partial charge < -0.3 is 10.6 Å². The van der Waals surface area contributed by atoms with Crippen molar-refractivity contribution in [2.24, 2.45) is 11.1 Å². The summed E-state index contributed by atoms with van der Waals surface area (Å²) in [5.74, 6) is 0.178. The Bertz CT molecular complexity index is 497.